The fourth-order valence-electron chi connectivity index (χ4n) is 2.41. The van der Waals surface area contributed by atoms with Crippen LogP contribution in [-0.2, 0) is 11.8 Å². The first-order valence-corrected chi connectivity index (χ1v) is 10.9. The Morgan fingerprint density at radius 3 is 2.54 bits per heavy atom. The lowest BCUT2D eigenvalue weighted by molar-refractivity contribution is -0.123. The van der Waals surface area contributed by atoms with Gasteiger partial charge >= 0.3 is 0 Å². The summed E-state index contributed by atoms with van der Waals surface area (Å²) < 4.78 is 2.37. The highest BCUT2D eigenvalue weighted by atomic mass is 79.9. The summed E-state index contributed by atoms with van der Waals surface area (Å²) in [6, 6.07) is 7.40. The van der Waals surface area contributed by atoms with Crippen LogP contribution in [0.2, 0.25) is 5.02 Å². The number of nitrogens with zero attached hydrogens (tertiary/aromatic N) is 1. The summed E-state index contributed by atoms with van der Waals surface area (Å²) in [6.07, 6.45) is 4.02. The van der Waals surface area contributed by atoms with Gasteiger partial charge < -0.3 is 9.88 Å². The molecular formula is C18H20BrClN4O3S. The number of aryl methyl sites for hydroxylation is 1. The van der Waals surface area contributed by atoms with E-state index in [1.807, 2.05) is 6.26 Å². The van der Waals surface area contributed by atoms with Crippen LogP contribution in [0.15, 0.2) is 41.0 Å². The smallest absolute Gasteiger partial charge is 0.286 e. The highest BCUT2D eigenvalue weighted by molar-refractivity contribution is 9.10. The summed E-state index contributed by atoms with van der Waals surface area (Å²) in [4.78, 5) is 37.2. The minimum absolute atomic E-state index is 0.281. The summed E-state index contributed by atoms with van der Waals surface area (Å²) >= 11 is 10.9. The number of benzene rings is 1. The third-order valence-electron chi connectivity index (χ3n) is 3.85. The molecule has 1 aromatic heterocycles. The number of rotatable bonds is 7. The molecule has 2 rings (SSSR count). The lowest BCUT2D eigenvalue weighted by atomic mass is 10.1. The minimum atomic E-state index is -0.823. The summed E-state index contributed by atoms with van der Waals surface area (Å²) in [6.45, 7) is 0. The van der Waals surface area contributed by atoms with Gasteiger partial charge in [0.05, 0.1) is 10.6 Å². The van der Waals surface area contributed by atoms with Crippen LogP contribution in [-0.4, -0.2) is 40.3 Å². The van der Waals surface area contributed by atoms with E-state index in [4.69, 9.17) is 11.6 Å². The standard InChI is InChI=1S/C18H20BrClN4O3S/c1-24-10-11(19)9-15(24)18(27)23-22-17(26)14(7-8-28-2)21-16(25)12-5-3-4-6-13(12)20/h3-6,9-10,14H,7-8H2,1-2H3,(H,21,25)(H,22,26)(H,23,27). The number of amides is 3. The number of hydrogen-bond acceptors (Lipinski definition) is 4. The molecule has 28 heavy (non-hydrogen) atoms. The van der Waals surface area contributed by atoms with E-state index in [1.54, 1.807) is 59.9 Å². The molecule has 0 aliphatic rings. The number of halogens is 2. The highest BCUT2D eigenvalue weighted by Crippen LogP contribution is 2.15. The fraction of sp³-hybridized carbons (Fsp3) is 0.278. The van der Waals surface area contributed by atoms with E-state index >= 15 is 0 Å². The number of carbonyl (C=O) groups is 3. The first kappa shape index (κ1) is 22.3. The van der Waals surface area contributed by atoms with Crippen molar-refractivity contribution in [3.05, 3.63) is 57.3 Å². The minimum Gasteiger partial charge on any atom is -0.345 e. The molecule has 0 bridgehead atoms. The average Bonchev–Trinajstić information content (AvgIpc) is 3.01. The van der Waals surface area contributed by atoms with Gasteiger partial charge in [0.25, 0.3) is 17.7 Å². The van der Waals surface area contributed by atoms with E-state index in [9.17, 15) is 14.4 Å². The normalized spacial score (nSPS) is 11.6. The third-order valence-corrected chi connectivity index (χ3v) is 5.26. The largest absolute Gasteiger partial charge is 0.345 e. The summed E-state index contributed by atoms with van der Waals surface area (Å²) in [5.74, 6) is -0.789. The second-order valence-corrected chi connectivity index (χ2v) is 8.19. The molecule has 0 aliphatic carbocycles. The Morgan fingerprint density at radius 1 is 1.21 bits per heavy atom. The van der Waals surface area contributed by atoms with Crippen molar-refractivity contribution in [2.75, 3.05) is 12.0 Å². The van der Waals surface area contributed by atoms with Gasteiger partial charge in [-0.25, -0.2) is 0 Å². The molecule has 0 fully saturated rings. The van der Waals surface area contributed by atoms with E-state index in [0.29, 0.717) is 22.9 Å². The van der Waals surface area contributed by atoms with Crippen LogP contribution >= 0.6 is 39.3 Å². The van der Waals surface area contributed by atoms with Crippen molar-refractivity contribution >= 4 is 57.0 Å². The topological polar surface area (TPSA) is 92.2 Å². The third kappa shape index (κ3) is 6.02. The lowest BCUT2D eigenvalue weighted by Gasteiger charge is -2.19. The maximum absolute atomic E-state index is 12.5. The van der Waals surface area contributed by atoms with Crippen LogP contribution in [0.3, 0.4) is 0 Å². The predicted octanol–water partition coefficient (Wildman–Crippen LogP) is 2.75. The zero-order valence-electron chi connectivity index (χ0n) is 15.3. The number of hydrazine groups is 1. The zero-order valence-corrected chi connectivity index (χ0v) is 18.5. The number of carbonyl (C=O) groups excluding carboxylic acids is 3. The maximum atomic E-state index is 12.5. The molecule has 2 aromatic rings. The molecule has 3 amide bonds. The number of nitrogens with one attached hydrogen (secondary N) is 3. The Morgan fingerprint density at radius 2 is 1.93 bits per heavy atom. The fourth-order valence-corrected chi connectivity index (χ4v) is 3.62. The van der Waals surface area contributed by atoms with Crippen LogP contribution in [0.25, 0.3) is 0 Å². The maximum Gasteiger partial charge on any atom is 0.286 e. The zero-order chi connectivity index (χ0) is 20.7. The summed E-state index contributed by atoms with van der Waals surface area (Å²) in [7, 11) is 1.71. The van der Waals surface area contributed by atoms with Crippen molar-refractivity contribution in [1.29, 1.82) is 0 Å². The molecule has 1 unspecified atom stereocenters. The van der Waals surface area contributed by atoms with Gasteiger partial charge in [0.1, 0.15) is 11.7 Å². The molecular weight excluding hydrogens is 468 g/mol. The molecule has 0 radical (unpaired) electrons. The van der Waals surface area contributed by atoms with Crippen molar-refractivity contribution in [2.24, 2.45) is 7.05 Å². The Balaban J connectivity index is 2.02. The molecule has 0 aliphatic heterocycles. The Kier molecular flexibility index (Phi) is 8.40. The summed E-state index contributed by atoms with van der Waals surface area (Å²) in [5.41, 5.74) is 5.39. The Hall–Kier alpha value is -1.97. The first-order chi connectivity index (χ1) is 13.3. The number of thioether (sulfide) groups is 1. The molecule has 1 aromatic carbocycles. The predicted molar refractivity (Wildman–Crippen MR) is 114 cm³/mol. The lowest BCUT2D eigenvalue weighted by Crippen LogP contribution is -2.52. The molecule has 1 heterocycles. The average molecular weight is 488 g/mol. The summed E-state index contributed by atoms with van der Waals surface area (Å²) in [5, 5.41) is 2.97. The number of aromatic nitrogens is 1. The molecule has 150 valence electrons. The molecule has 10 heteroatoms. The van der Waals surface area contributed by atoms with Crippen LogP contribution in [0.5, 0.6) is 0 Å². The monoisotopic (exact) mass is 486 g/mol. The SMILES string of the molecule is CSCCC(NC(=O)c1ccccc1Cl)C(=O)NNC(=O)c1cc(Br)cn1C. The van der Waals surface area contributed by atoms with Gasteiger partial charge in [-0.05, 0) is 52.6 Å². The van der Waals surface area contributed by atoms with E-state index in [0.717, 1.165) is 4.47 Å². The molecule has 0 saturated carbocycles. The number of hydrogen-bond donors (Lipinski definition) is 3. The van der Waals surface area contributed by atoms with Gasteiger partial charge in [0.15, 0.2) is 0 Å². The second kappa shape index (κ2) is 10.5. The van der Waals surface area contributed by atoms with Crippen LogP contribution < -0.4 is 16.2 Å². The van der Waals surface area contributed by atoms with Gasteiger partial charge in [-0.2, -0.15) is 11.8 Å². The van der Waals surface area contributed by atoms with E-state index in [1.165, 1.54) is 0 Å². The van der Waals surface area contributed by atoms with E-state index in [-0.39, 0.29) is 5.56 Å². The van der Waals surface area contributed by atoms with Crippen molar-refractivity contribution < 1.29 is 14.4 Å². The van der Waals surface area contributed by atoms with Crippen molar-refractivity contribution in [1.82, 2.24) is 20.7 Å². The van der Waals surface area contributed by atoms with Gasteiger partial charge in [-0.3, -0.25) is 25.2 Å². The first-order valence-electron chi connectivity index (χ1n) is 8.30. The Labute approximate surface area is 180 Å². The van der Waals surface area contributed by atoms with Gasteiger partial charge in [0.2, 0.25) is 0 Å². The molecule has 1 atom stereocenters. The Bertz CT molecular complexity index is 874. The quantitative estimate of drug-likeness (QED) is 0.524. The van der Waals surface area contributed by atoms with Gasteiger partial charge in [-0.1, -0.05) is 23.7 Å². The van der Waals surface area contributed by atoms with Crippen molar-refractivity contribution in [3.63, 3.8) is 0 Å². The van der Waals surface area contributed by atoms with E-state index in [2.05, 4.69) is 32.1 Å². The second-order valence-electron chi connectivity index (χ2n) is 5.89. The highest BCUT2D eigenvalue weighted by Gasteiger charge is 2.23. The van der Waals surface area contributed by atoms with Gasteiger partial charge in [0, 0.05) is 17.7 Å². The van der Waals surface area contributed by atoms with Gasteiger partial charge in [-0.15, -0.1) is 0 Å². The van der Waals surface area contributed by atoms with Crippen LogP contribution in [0.1, 0.15) is 27.3 Å². The molecule has 7 nitrogen and oxygen atoms in total. The van der Waals surface area contributed by atoms with Crippen LogP contribution in [0.4, 0.5) is 0 Å². The van der Waals surface area contributed by atoms with E-state index < -0.39 is 23.8 Å². The van der Waals surface area contributed by atoms with Crippen LogP contribution in [0, 0.1) is 0 Å². The van der Waals surface area contributed by atoms with Crippen molar-refractivity contribution in [3.8, 4) is 0 Å². The van der Waals surface area contributed by atoms with Crippen molar-refractivity contribution in [2.45, 2.75) is 12.5 Å². The molecule has 0 spiro atoms. The molecule has 0 saturated heterocycles. The molecule has 3 N–H and O–H groups in total.